The normalized spacial score (nSPS) is 19.1. The second kappa shape index (κ2) is 6.98. The van der Waals surface area contributed by atoms with Crippen LogP contribution in [0.5, 0.6) is 5.75 Å². The van der Waals surface area contributed by atoms with E-state index < -0.39 is 6.10 Å². The molecule has 0 saturated heterocycles. The van der Waals surface area contributed by atoms with E-state index in [9.17, 15) is 5.11 Å². The van der Waals surface area contributed by atoms with Crippen LogP contribution in [-0.2, 0) is 0 Å². The molecule has 3 nitrogen and oxygen atoms in total. The van der Waals surface area contributed by atoms with Gasteiger partial charge in [-0.3, -0.25) is 0 Å². The molecule has 1 aliphatic rings. The highest BCUT2D eigenvalue weighted by Gasteiger charge is 2.29. The van der Waals surface area contributed by atoms with Gasteiger partial charge >= 0.3 is 0 Å². The van der Waals surface area contributed by atoms with Crippen molar-refractivity contribution in [3.8, 4) is 5.75 Å². The van der Waals surface area contributed by atoms with Crippen LogP contribution in [0.2, 0.25) is 0 Å². The number of halogens is 1. The summed E-state index contributed by atoms with van der Waals surface area (Å²) in [5.41, 5.74) is 7.06. The molecule has 1 fully saturated rings. The van der Waals surface area contributed by atoms with Gasteiger partial charge in [0.05, 0.1) is 19.3 Å². The summed E-state index contributed by atoms with van der Waals surface area (Å²) in [6.45, 7) is 0. The first-order chi connectivity index (χ1) is 8.24. The minimum atomic E-state index is -0.464. The Morgan fingerprint density at radius 1 is 1.28 bits per heavy atom. The summed E-state index contributed by atoms with van der Waals surface area (Å²) in [5, 5.41) is 10.3. The number of hydrogen-bond donors (Lipinski definition) is 2. The Kier molecular flexibility index (Phi) is 5.93. The molecule has 4 heteroatoms. The first-order valence-corrected chi connectivity index (χ1v) is 6.30. The van der Waals surface area contributed by atoms with Gasteiger partial charge < -0.3 is 15.6 Å². The van der Waals surface area contributed by atoms with Crippen LogP contribution in [-0.4, -0.2) is 18.3 Å². The Morgan fingerprint density at radius 2 is 1.89 bits per heavy atom. The van der Waals surface area contributed by atoms with Crippen molar-refractivity contribution in [3.63, 3.8) is 0 Å². The molecule has 1 aromatic carbocycles. The lowest BCUT2D eigenvalue weighted by atomic mass is 9.90. The number of hydrogen-bond acceptors (Lipinski definition) is 3. The van der Waals surface area contributed by atoms with Gasteiger partial charge in [-0.1, -0.05) is 31.0 Å². The minimum Gasteiger partial charge on any atom is -0.496 e. The van der Waals surface area contributed by atoms with Crippen LogP contribution >= 0.6 is 12.4 Å². The van der Waals surface area contributed by atoms with Crippen LogP contribution < -0.4 is 10.5 Å². The van der Waals surface area contributed by atoms with Crippen molar-refractivity contribution in [1.82, 2.24) is 0 Å². The van der Waals surface area contributed by atoms with Gasteiger partial charge in [0, 0.05) is 5.56 Å². The van der Waals surface area contributed by atoms with E-state index in [1.165, 1.54) is 12.8 Å². The number of ether oxygens (including phenoxy) is 1. The number of para-hydroxylation sites is 1. The Labute approximate surface area is 115 Å². The molecule has 0 unspecified atom stereocenters. The maximum atomic E-state index is 10.3. The van der Waals surface area contributed by atoms with Crippen LogP contribution in [0, 0.1) is 5.92 Å². The maximum absolute atomic E-state index is 10.3. The third kappa shape index (κ3) is 3.16. The largest absolute Gasteiger partial charge is 0.496 e. The highest BCUT2D eigenvalue weighted by molar-refractivity contribution is 5.85. The SMILES string of the molecule is COc1ccccc1[C@H](N)[C@H](O)C1CCCC1.Cl. The van der Waals surface area contributed by atoms with E-state index in [-0.39, 0.29) is 18.4 Å². The van der Waals surface area contributed by atoms with Gasteiger partial charge in [0.2, 0.25) is 0 Å². The summed E-state index contributed by atoms with van der Waals surface area (Å²) in [5.74, 6) is 1.10. The van der Waals surface area contributed by atoms with Gasteiger partial charge in [-0.15, -0.1) is 12.4 Å². The zero-order chi connectivity index (χ0) is 12.3. The number of rotatable bonds is 4. The van der Waals surface area contributed by atoms with Crippen molar-refractivity contribution < 1.29 is 9.84 Å². The highest BCUT2D eigenvalue weighted by atomic mass is 35.5. The topological polar surface area (TPSA) is 55.5 Å². The van der Waals surface area contributed by atoms with Crippen molar-refractivity contribution in [2.45, 2.75) is 37.8 Å². The van der Waals surface area contributed by atoms with E-state index in [1.807, 2.05) is 24.3 Å². The molecule has 1 saturated carbocycles. The summed E-state index contributed by atoms with van der Waals surface area (Å²) in [4.78, 5) is 0. The number of aliphatic hydroxyl groups excluding tert-OH is 1. The number of benzene rings is 1. The molecule has 0 amide bonds. The minimum absolute atomic E-state index is 0. The van der Waals surface area contributed by atoms with Gasteiger partial charge in [-0.05, 0) is 24.8 Å². The van der Waals surface area contributed by atoms with Crippen molar-refractivity contribution >= 4 is 12.4 Å². The molecule has 1 aromatic rings. The van der Waals surface area contributed by atoms with E-state index in [1.54, 1.807) is 7.11 Å². The maximum Gasteiger partial charge on any atom is 0.123 e. The second-order valence-electron chi connectivity index (χ2n) is 4.80. The van der Waals surface area contributed by atoms with Crippen molar-refractivity contribution in [2.24, 2.45) is 11.7 Å². The summed E-state index contributed by atoms with van der Waals surface area (Å²) < 4.78 is 5.29. The second-order valence-corrected chi connectivity index (χ2v) is 4.80. The quantitative estimate of drug-likeness (QED) is 0.885. The van der Waals surface area contributed by atoms with Crippen LogP contribution in [0.15, 0.2) is 24.3 Å². The van der Waals surface area contributed by atoms with Crippen LogP contribution in [0.4, 0.5) is 0 Å². The molecule has 0 radical (unpaired) electrons. The van der Waals surface area contributed by atoms with Crippen molar-refractivity contribution in [1.29, 1.82) is 0 Å². The number of methoxy groups -OCH3 is 1. The lowest BCUT2D eigenvalue weighted by molar-refractivity contribution is 0.0836. The standard InChI is InChI=1S/C14H21NO2.ClH/c1-17-12-9-5-4-8-11(12)13(15)14(16)10-6-2-3-7-10;/h4-5,8-10,13-14,16H,2-3,6-7,15H2,1H3;1H/t13-,14+;/m0./s1. The van der Waals surface area contributed by atoms with Crippen LogP contribution in [0.1, 0.15) is 37.3 Å². The molecule has 0 heterocycles. The smallest absolute Gasteiger partial charge is 0.123 e. The first-order valence-electron chi connectivity index (χ1n) is 6.30. The molecule has 2 atom stereocenters. The predicted molar refractivity (Wildman–Crippen MR) is 75.1 cm³/mol. The lowest BCUT2D eigenvalue weighted by Gasteiger charge is -2.25. The third-order valence-corrected chi connectivity index (χ3v) is 3.75. The van der Waals surface area contributed by atoms with E-state index in [2.05, 4.69) is 0 Å². The summed E-state index contributed by atoms with van der Waals surface area (Å²) in [6.07, 6.45) is 4.13. The third-order valence-electron chi connectivity index (χ3n) is 3.75. The van der Waals surface area contributed by atoms with Gasteiger partial charge in [0.25, 0.3) is 0 Å². The Balaban J connectivity index is 0.00000162. The van der Waals surface area contributed by atoms with Crippen LogP contribution in [0.3, 0.4) is 0 Å². The van der Waals surface area contributed by atoms with Gasteiger partial charge in [0.15, 0.2) is 0 Å². The Bertz CT molecular complexity index is 367. The van der Waals surface area contributed by atoms with Gasteiger partial charge in [-0.2, -0.15) is 0 Å². The molecule has 3 N–H and O–H groups in total. The molecule has 0 aliphatic heterocycles. The fourth-order valence-corrected chi connectivity index (χ4v) is 2.72. The average molecular weight is 272 g/mol. The van der Waals surface area contributed by atoms with E-state index in [0.717, 1.165) is 24.2 Å². The predicted octanol–water partition coefficient (Wildman–Crippen LogP) is 2.67. The van der Waals surface area contributed by atoms with E-state index in [0.29, 0.717) is 5.92 Å². The van der Waals surface area contributed by atoms with Gasteiger partial charge in [0.1, 0.15) is 5.75 Å². The Hall–Kier alpha value is -0.770. The fraction of sp³-hybridized carbons (Fsp3) is 0.571. The monoisotopic (exact) mass is 271 g/mol. The summed E-state index contributed by atoms with van der Waals surface area (Å²) >= 11 is 0. The van der Waals surface area contributed by atoms with Gasteiger partial charge in [-0.25, -0.2) is 0 Å². The molecule has 18 heavy (non-hydrogen) atoms. The molecular weight excluding hydrogens is 250 g/mol. The molecule has 2 rings (SSSR count). The molecule has 0 bridgehead atoms. The summed E-state index contributed by atoms with van der Waals surface area (Å²) in [6, 6.07) is 7.31. The van der Waals surface area contributed by atoms with Crippen molar-refractivity contribution in [2.75, 3.05) is 7.11 Å². The zero-order valence-corrected chi connectivity index (χ0v) is 11.5. The number of aliphatic hydroxyl groups is 1. The Morgan fingerprint density at radius 3 is 2.50 bits per heavy atom. The van der Waals surface area contributed by atoms with Crippen LogP contribution in [0.25, 0.3) is 0 Å². The van der Waals surface area contributed by atoms with E-state index >= 15 is 0 Å². The first kappa shape index (κ1) is 15.3. The molecule has 1 aliphatic carbocycles. The fourth-order valence-electron chi connectivity index (χ4n) is 2.72. The molecule has 102 valence electrons. The van der Waals surface area contributed by atoms with E-state index in [4.69, 9.17) is 10.5 Å². The zero-order valence-electron chi connectivity index (χ0n) is 10.7. The number of nitrogens with two attached hydrogens (primary N) is 1. The van der Waals surface area contributed by atoms with Crippen molar-refractivity contribution in [3.05, 3.63) is 29.8 Å². The molecule has 0 aromatic heterocycles. The molecule has 0 spiro atoms. The highest BCUT2D eigenvalue weighted by Crippen LogP contribution is 2.34. The lowest BCUT2D eigenvalue weighted by Crippen LogP contribution is -2.32. The average Bonchev–Trinajstić information content (AvgIpc) is 2.90. The summed E-state index contributed by atoms with van der Waals surface area (Å²) in [7, 11) is 1.63. The molecular formula is C14H22ClNO2.